The third-order valence-electron chi connectivity index (χ3n) is 6.55. The number of piperidine rings is 1. The second kappa shape index (κ2) is 10.5. The van der Waals surface area contributed by atoms with Gasteiger partial charge in [0.1, 0.15) is 0 Å². The van der Waals surface area contributed by atoms with Crippen LogP contribution in [-0.4, -0.2) is 40.0 Å². The lowest BCUT2D eigenvalue weighted by atomic mass is 9.97. The lowest BCUT2D eigenvalue weighted by Crippen LogP contribution is -2.40. The number of hydrogen-bond donors (Lipinski definition) is 1. The Morgan fingerprint density at radius 3 is 2.56 bits per heavy atom. The summed E-state index contributed by atoms with van der Waals surface area (Å²) in [5, 5.41) is 3.17. The normalized spacial score (nSPS) is 16.3. The molecule has 3 heterocycles. The third-order valence-corrected chi connectivity index (χ3v) is 6.55. The van der Waals surface area contributed by atoms with Crippen molar-refractivity contribution in [3.8, 4) is 16.8 Å². The van der Waals surface area contributed by atoms with Crippen LogP contribution in [0.5, 0.6) is 0 Å². The molecule has 1 unspecified atom stereocenters. The number of amides is 1. The van der Waals surface area contributed by atoms with Crippen molar-refractivity contribution in [1.29, 1.82) is 0 Å². The third kappa shape index (κ3) is 5.26. The molecule has 0 saturated carbocycles. The van der Waals surface area contributed by atoms with Crippen molar-refractivity contribution in [3.63, 3.8) is 0 Å². The van der Waals surface area contributed by atoms with Crippen molar-refractivity contribution >= 4 is 5.91 Å². The molecular formula is C29H30N4O. The Labute approximate surface area is 201 Å². The summed E-state index contributed by atoms with van der Waals surface area (Å²) in [4.78, 5) is 19.5. The number of rotatable bonds is 7. The Hall–Kier alpha value is -3.70. The number of benzene rings is 2. The molecule has 0 aliphatic carbocycles. The molecule has 172 valence electrons. The SMILES string of the molecule is O=C(NCC1CCCN(Cc2cccn2-c2cccnc2)C1)c1ccc(-c2ccccc2)cc1. The van der Waals surface area contributed by atoms with Gasteiger partial charge in [-0.05, 0) is 72.8 Å². The molecule has 1 atom stereocenters. The lowest BCUT2D eigenvalue weighted by molar-refractivity contribution is 0.0930. The number of nitrogens with zero attached hydrogens (tertiary/aromatic N) is 3. The summed E-state index contributed by atoms with van der Waals surface area (Å²) in [6.45, 7) is 3.68. The van der Waals surface area contributed by atoms with Crippen LogP contribution in [0.3, 0.4) is 0 Å². The van der Waals surface area contributed by atoms with Crippen molar-refractivity contribution in [1.82, 2.24) is 19.8 Å². The molecule has 5 nitrogen and oxygen atoms in total. The fourth-order valence-electron chi connectivity index (χ4n) is 4.77. The van der Waals surface area contributed by atoms with Crippen LogP contribution in [0.2, 0.25) is 0 Å². The van der Waals surface area contributed by atoms with Gasteiger partial charge in [0.2, 0.25) is 0 Å². The van der Waals surface area contributed by atoms with E-state index < -0.39 is 0 Å². The molecule has 1 aliphatic rings. The van der Waals surface area contributed by atoms with Crippen molar-refractivity contribution in [3.05, 3.63) is 109 Å². The highest BCUT2D eigenvalue weighted by molar-refractivity contribution is 5.94. The molecule has 5 heteroatoms. The van der Waals surface area contributed by atoms with E-state index in [0.29, 0.717) is 18.0 Å². The molecule has 2 aromatic carbocycles. The van der Waals surface area contributed by atoms with Crippen molar-refractivity contribution < 1.29 is 4.79 Å². The molecule has 5 rings (SSSR count). The van der Waals surface area contributed by atoms with Gasteiger partial charge in [-0.1, -0.05) is 42.5 Å². The first-order valence-corrected chi connectivity index (χ1v) is 12.0. The molecule has 0 radical (unpaired) electrons. The maximum absolute atomic E-state index is 12.7. The van der Waals surface area contributed by atoms with Crippen molar-refractivity contribution in [2.24, 2.45) is 5.92 Å². The average molecular weight is 451 g/mol. The van der Waals surface area contributed by atoms with Crippen LogP contribution >= 0.6 is 0 Å². The molecule has 1 N–H and O–H groups in total. The van der Waals surface area contributed by atoms with E-state index in [1.807, 2.05) is 54.7 Å². The maximum atomic E-state index is 12.7. The summed E-state index contributed by atoms with van der Waals surface area (Å²) in [6, 6.07) is 26.4. The predicted octanol–water partition coefficient (Wildman–Crippen LogP) is 5.18. The summed E-state index contributed by atoms with van der Waals surface area (Å²) >= 11 is 0. The maximum Gasteiger partial charge on any atom is 0.251 e. The molecule has 1 fully saturated rings. The monoisotopic (exact) mass is 450 g/mol. The summed E-state index contributed by atoms with van der Waals surface area (Å²) in [5.74, 6) is 0.463. The predicted molar refractivity (Wildman–Crippen MR) is 136 cm³/mol. The van der Waals surface area contributed by atoms with Crippen LogP contribution in [-0.2, 0) is 6.54 Å². The van der Waals surface area contributed by atoms with Crippen LogP contribution in [0.25, 0.3) is 16.8 Å². The van der Waals surface area contributed by atoms with Crippen LogP contribution in [0.1, 0.15) is 28.9 Å². The van der Waals surface area contributed by atoms with Gasteiger partial charge in [-0.15, -0.1) is 0 Å². The zero-order chi connectivity index (χ0) is 23.2. The smallest absolute Gasteiger partial charge is 0.251 e. The van der Waals surface area contributed by atoms with Gasteiger partial charge < -0.3 is 9.88 Å². The Morgan fingerprint density at radius 1 is 0.941 bits per heavy atom. The Kier molecular flexibility index (Phi) is 6.82. The molecule has 4 aromatic rings. The van der Waals surface area contributed by atoms with E-state index in [4.69, 9.17) is 0 Å². The molecular weight excluding hydrogens is 420 g/mol. The Morgan fingerprint density at radius 2 is 1.76 bits per heavy atom. The average Bonchev–Trinajstić information content (AvgIpc) is 3.37. The number of carbonyl (C=O) groups excluding carboxylic acids is 1. The van der Waals surface area contributed by atoms with E-state index in [-0.39, 0.29) is 5.91 Å². The second-order valence-corrected chi connectivity index (χ2v) is 8.98. The molecule has 1 aliphatic heterocycles. The van der Waals surface area contributed by atoms with E-state index in [9.17, 15) is 4.79 Å². The number of aromatic nitrogens is 2. The summed E-state index contributed by atoms with van der Waals surface area (Å²) in [6.07, 6.45) is 8.09. The minimum absolute atomic E-state index is 0.00203. The minimum atomic E-state index is 0.00203. The van der Waals surface area contributed by atoms with Crippen molar-refractivity contribution in [2.75, 3.05) is 19.6 Å². The number of pyridine rings is 1. The van der Waals surface area contributed by atoms with Gasteiger partial charge in [0.05, 0.1) is 11.9 Å². The second-order valence-electron chi connectivity index (χ2n) is 8.98. The highest BCUT2D eigenvalue weighted by Gasteiger charge is 2.21. The first kappa shape index (κ1) is 22.1. The van der Waals surface area contributed by atoms with E-state index in [1.165, 1.54) is 5.69 Å². The van der Waals surface area contributed by atoms with Gasteiger partial charge in [0.25, 0.3) is 5.91 Å². The van der Waals surface area contributed by atoms with Crippen LogP contribution < -0.4 is 5.32 Å². The fraction of sp³-hybridized carbons (Fsp3) is 0.241. The number of carbonyl (C=O) groups is 1. The standard InChI is InChI=1S/C29H30N4O/c34-29(26-14-12-25(13-15-26)24-8-2-1-3-9-24)31-19-23-7-5-17-32(21-23)22-28-11-6-18-33(28)27-10-4-16-30-20-27/h1-4,6,8-16,18,20,23H,5,7,17,19,21-22H2,(H,31,34). The highest BCUT2D eigenvalue weighted by Crippen LogP contribution is 2.21. The summed E-state index contributed by atoms with van der Waals surface area (Å²) in [7, 11) is 0. The first-order valence-electron chi connectivity index (χ1n) is 12.0. The van der Waals surface area contributed by atoms with E-state index in [1.54, 1.807) is 6.20 Å². The van der Waals surface area contributed by atoms with Gasteiger partial charge in [0.15, 0.2) is 0 Å². The fourth-order valence-corrected chi connectivity index (χ4v) is 4.77. The van der Waals surface area contributed by atoms with Gasteiger partial charge >= 0.3 is 0 Å². The van der Waals surface area contributed by atoms with E-state index >= 15 is 0 Å². The Bertz CT molecular complexity index is 1200. The molecule has 34 heavy (non-hydrogen) atoms. The van der Waals surface area contributed by atoms with Crippen LogP contribution in [0.15, 0.2) is 97.5 Å². The zero-order valence-corrected chi connectivity index (χ0v) is 19.3. The van der Waals surface area contributed by atoms with E-state index in [2.05, 4.69) is 56.3 Å². The quantitative estimate of drug-likeness (QED) is 0.422. The molecule has 0 spiro atoms. The summed E-state index contributed by atoms with van der Waals surface area (Å²) in [5.41, 5.74) is 5.34. The van der Waals surface area contributed by atoms with Crippen LogP contribution in [0, 0.1) is 5.92 Å². The lowest BCUT2D eigenvalue weighted by Gasteiger charge is -2.33. The highest BCUT2D eigenvalue weighted by atomic mass is 16.1. The molecule has 0 bridgehead atoms. The summed E-state index contributed by atoms with van der Waals surface area (Å²) < 4.78 is 2.21. The first-order chi connectivity index (χ1) is 16.8. The van der Waals surface area contributed by atoms with Crippen LogP contribution in [0.4, 0.5) is 0 Å². The van der Waals surface area contributed by atoms with Gasteiger partial charge in [-0.2, -0.15) is 0 Å². The topological polar surface area (TPSA) is 50.2 Å². The largest absolute Gasteiger partial charge is 0.352 e. The Balaban J connectivity index is 1.15. The van der Waals surface area contributed by atoms with E-state index in [0.717, 1.165) is 49.3 Å². The number of likely N-dealkylation sites (tertiary alicyclic amines) is 1. The van der Waals surface area contributed by atoms with Gasteiger partial charge in [-0.25, -0.2) is 0 Å². The molecule has 1 saturated heterocycles. The molecule has 2 aromatic heterocycles. The number of hydrogen-bond acceptors (Lipinski definition) is 3. The zero-order valence-electron chi connectivity index (χ0n) is 19.3. The van der Waals surface area contributed by atoms with Gasteiger partial charge in [-0.3, -0.25) is 14.7 Å². The molecule has 1 amide bonds. The minimum Gasteiger partial charge on any atom is -0.352 e. The van der Waals surface area contributed by atoms with Crippen molar-refractivity contribution in [2.45, 2.75) is 19.4 Å². The number of nitrogens with one attached hydrogen (secondary N) is 1. The van der Waals surface area contributed by atoms with Gasteiger partial charge in [0, 0.05) is 43.3 Å².